The normalized spacial score (nSPS) is 15.7. The summed E-state index contributed by atoms with van der Waals surface area (Å²) in [5.74, 6) is 0.633. The average molecular weight is 353 g/mol. The van der Waals surface area contributed by atoms with E-state index in [4.69, 9.17) is 10.5 Å². The van der Waals surface area contributed by atoms with Gasteiger partial charge in [-0.25, -0.2) is 0 Å². The Morgan fingerprint density at radius 1 is 1.15 bits per heavy atom. The molecular formula is C21H27N3O2. The molecule has 1 unspecified atom stereocenters. The number of carbonyl (C=O) groups excluding carboxylic acids is 1. The number of benzene rings is 2. The Bertz CT molecular complexity index is 758. The molecular weight excluding hydrogens is 326 g/mol. The fourth-order valence-corrected chi connectivity index (χ4v) is 3.26. The lowest BCUT2D eigenvalue weighted by Gasteiger charge is -2.14. The summed E-state index contributed by atoms with van der Waals surface area (Å²) in [4.78, 5) is 14.8. The number of hydrogen-bond donors (Lipinski definition) is 2. The van der Waals surface area contributed by atoms with Gasteiger partial charge in [0.1, 0.15) is 5.75 Å². The van der Waals surface area contributed by atoms with Gasteiger partial charge in [0.15, 0.2) is 0 Å². The second-order valence-corrected chi connectivity index (χ2v) is 6.93. The van der Waals surface area contributed by atoms with Gasteiger partial charge < -0.3 is 20.7 Å². The molecule has 0 saturated heterocycles. The van der Waals surface area contributed by atoms with Gasteiger partial charge in [-0.2, -0.15) is 0 Å². The van der Waals surface area contributed by atoms with E-state index in [0.29, 0.717) is 6.42 Å². The van der Waals surface area contributed by atoms with Crippen LogP contribution in [0.25, 0.3) is 0 Å². The lowest BCUT2D eigenvalue weighted by atomic mass is 10.0. The van der Waals surface area contributed by atoms with Gasteiger partial charge in [0, 0.05) is 18.8 Å². The summed E-state index contributed by atoms with van der Waals surface area (Å²) in [5.41, 5.74) is 10.6. The number of fused-ring (bicyclic) bond motifs is 1. The molecule has 0 saturated carbocycles. The average Bonchev–Trinajstić information content (AvgIpc) is 2.84. The third-order valence-electron chi connectivity index (χ3n) is 4.95. The fourth-order valence-electron chi connectivity index (χ4n) is 3.26. The van der Waals surface area contributed by atoms with Gasteiger partial charge in [0.05, 0.1) is 13.2 Å². The molecule has 1 aliphatic heterocycles. The molecule has 5 heteroatoms. The van der Waals surface area contributed by atoms with E-state index in [1.165, 1.54) is 11.1 Å². The van der Waals surface area contributed by atoms with E-state index in [2.05, 4.69) is 29.4 Å². The van der Waals surface area contributed by atoms with Crippen molar-refractivity contribution in [3.8, 4) is 5.75 Å². The van der Waals surface area contributed by atoms with Gasteiger partial charge in [0.2, 0.25) is 5.91 Å². The van der Waals surface area contributed by atoms with E-state index < -0.39 is 6.04 Å². The molecule has 0 fully saturated rings. The first-order valence-electron chi connectivity index (χ1n) is 9.05. The zero-order chi connectivity index (χ0) is 18.5. The van der Waals surface area contributed by atoms with Crippen LogP contribution in [0.5, 0.6) is 5.75 Å². The summed E-state index contributed by atoms with van der Waals surface area (Å²) < 4.78 is 5.15. The fraction of sp³-hybridized carbons (Fsp3) is 0.381. The zero-order valence-corrected chi connectivity index (χ0v) is 15.5. The van der Waals surface area contributed by atoms with Gasteiger partial charge in [-0.15, -0.1) is 0 Å². The van der Waals surface area contributed by atoms with Crippen molar-refractivity contribution in [2.45, 2.75) is 25.3 Å². The van der Waals surface area contributed by atoms with Crippen molar-refractivity contribution in [1.82, 2.24) is 4.90 Å². The van der Waals surface area contributed by atoms with Gasteiger partial charge in [-0.05, 0) is 67.3 Å². The number of carbonyl (C=O) groups is 1. The highest BCUT2D eigenvalue weighted by Crippen LogP contribution is 2.20. The van der Waals surface area contributed by atoms with Crippen LogP contribution in [0, 0.1) is 0 Å². The summed E-state index contributed by atoms with van der Waals surface area (Å²) in [6.07, 6.45) is 2.55. The Kier molecular flexibility index (Phi) is 5.91. The summed E-state index contributed by atoms with van der Waals surface area (Å²) in [7, 11) is 3.78. The molecule has 2 aromatic rings. The van der Waals surface area contributed by atoms with E-state index in [1.807, 2.05) is 30.3 Å². The van der Waals surface area contributed by atoms with Crippen molar-refractivity contribution in [3.63, 3.8) is 0 Å². The van der Waals surface area contributed by atoms with E-state index in [1.54, 1.807) is 7.11 Å². The smallest absolute Gasteiger partial charge is 0.241 e. The predicted molar refractivity (Wildman–Crippen MR) is 105 cm³/mol. The van der Waals surface area contributed by atoms with E-state index in [0.717, 1.165) is 42.9 Å². The minimum absolute atomic E-state index is 0.161. The monoisotopic (exact) mass is 353 g/mol. The topological polar surface area (TPSA) is 67.6 Å². The first-order chi connectivity index (χ1) is 12.5. The molecule has 1 aliphatic rings. The van der Waals surface area contributed by atoms with Gasteiger partial charge >= 0.3 is 0 Å². The third kappa shape index (κ3) is 4.62. The number of hydrogen-bond acceptors (Lipinski definition) is 4. The highest BCUT2D eigenvalue weighted by molar-refractivity contribution is 5.95. The van der Waals surface area contributed by atoms with Crippen molar-refractivity contribution in [2.24, 2.45) is 5.73 Å². The molecule has 3 N–H and O–H groups in total. The number of ether oxygens (including phenoxy) is 1. The Balaban J connectivity index is 1.61. The van der Waals surface area contributed by atoms with Crippen LogP contribution in [-0.4, -0.2) is 44.1 Å². The van der Waals surface area contributed by atoms with Crippen LogP contribution in [0.2, 0.25) is 0 Å². The lowest BCUT2D eigenvalue weighted by Crippen LogP contribution is -2.37. The van der Waals surface area contributed by atoms with Crippen molar-refractivity contribution >= 4 is 11.6 Å². The highest BCUT2D eigenvalue weighted by Gasteiger charge is 2.16. The Labute approximate surface area is 155 Å². The Morgan fingerprint density at radius 3 is 2.54 bits per heavy atom. The summed E-state index contributed by atoms with van der Waals surface area (Å²) in [6, 6.07) is 13.2. The Morgan fingerprint density at radius 2 is 1.85 bits per heavy atom. The van der Waals surface area contributed by atoms with Gasteiger partial charge in [-0.1, -0.05) is 18.2 Å². The van der Waals surface area contributed by atoms with Crippen LogP contribution < -0.4 is 15.8 Å². The number of nitrogens with two attached hydrogens (primary N) is 1. The van der Waals surface area contributed by atoms with Crippen molar-refractivity contribution in [3.05, 3.63) is 59.2 Å². The maximum Gasteiger partial charge on any atom is 0.241 e. The SMILES string of the molecule is COc1ccc(CC(N)C(=O)Nc2ccc3c(c2)CCN(C)CC3)cc1. The minimum Gasteiger partial charge on any atom is -0.497 e. The molecule has 5 nitrogen and oxygen atoms in total. The zero-order valence-electron chi connectivity index (χ0n) is 15.5. The molecule has 138 valence electrons. The second kappa shape index (κ2) is 8.34. The number of anilines is 1. The van der Waals surface area contributed by atoms with Crippen molar-refractivity contribution in [1.29, 1.82) is 0 Å². The molecule has 1 atom stereocenters. The number of methoxy groups -OCH3 is 1. The number of amides is 1. The Hall–Kier alpha value is -2.37. The van der Waals surface area contributed by atoms with Gasteiger partial charge in [0.25, 0.3) is 0 Å². The largest absolute Gasteiger partial charge is 0.497 e. The predicted octanol–water partition coefficient (Wildman–Crippen LogP) is 2.23. The quantitative estimate of drug-likeness (QED) is 0.865. The van der Waals surface area contributed by atoms with Crippen molar-refractivity contribution in [2.75, 3.05) is 32.6 Å². The van der Waals surface area contributed by atoms with Crippen LogP contribution in [0.3, 0.4) is 0 Å². The standard InChI is InChI=1S/C21H27N3O2/c1-24-11-9-16-5-6-18(14-17(16)10-12-24)23-21(25)20(22)13-15-3-7-19(26-2)8-4-15/h3-8,14,20H,9-13,22H2,1-2H3,(H,23,25). The van der Waals surface area contributed by atoms with Crippen LogP contribution in [-0.2, 0) is 24.1 Å². The van der Waals surface area contributed by atoms with Crippen molar-refractivity contribution < 1.29 is 9.53 Å². The van der Waals surface area contributed by atoms with Gasteiger partial charge in [-0.3, -0.25) is 4.79 Å². The molecule has 0 aliphatic carbocycles. The van der Waals surface area contributed by atoms with E-state index in [-0.39, 0.29) is 5.91 Å². The van der Waals surface area contributed by atoms with Crippen LogP contribution in [0.1, 0.15) is 16.7 Å². The first kappa shape index (κ1) is 18.4. The third-order valence-corrected chi connectivity index (χ3v) is 4.95. The molecule has 26 heavy (non-hydrogen) atoms. The lowest BCUT2D eigenvalue weighted by molar-refractivity contribution is -0.117. The molecule has 2 aromatic carbocycles. The number of rotatable bonds is 5. The molecule has 1 heterocycles. The summed E-state index contributed by atoms with van der Waals surface area (Å²) >= 11 is 0. The van der Waals surface area contributed by atoms with E-state index >= 15 is 0 Å². The molecule has 0 spiro atoms. The number of nitrogens with one attached hydrogen (secondary N) is 1. The summed E-state index contributed by atoms with van der Waals surface area (Å²) in [5, 5.41) is 2.96. The van der Waals surface area contributed by atoms with Crippen LogP contribution >= 0.6 is 0 Å². The maximum absolute atomic E-state index is 12.5. The molecule has 1 amide bonds. The summed E-state index contributed by atoms with van der Waals surface area (Å²) in [6.45, 7) is 2.12. The molecule has 3 rings (SSSR count). The van der Waals surface area contributed by atoms with Crippen LogP contribution in [0.4, 0.5) is 5.69 Å². The highest BCUT2D eigenvalue weighted by atomic mass is 16.5. The molecule has 0 bridgehead atoms. The molecule has 0 radical (unpaired) electrons. The maximum atomic E-state index is 12.5. The number of nitrogens with zero attached hydrogens (tertiary/aromatic N) is 1. The number of likely N-dealkylation sites (N-methyl/N-ethyl adjacent to an activating group) is 1. The molecule has 0 aromatic heterocycles. The van der Waals surface area contributed by atoms with Crippen LogP contribution in [0.15, 0.2) is 42.5 Å². The first-order valence-corrected chi connectivity index (χ1v) is 9.05. The van der Waals surface area contributed by atoms with E-state index in [9.17, 15) is 4.79 Å². The second-order valence-electron chi connectivity index (χ2n) is 6.93. The minimum atomic E-state index is -0.590.